The summed E-state index contributed by atoms with van der Waals surface area (Å²) in [7, 11) is 0. The summed E-state index contributed by atoms with van der Waals surface area (Å²) in [5, 5.41) is 9.05. The van der Waals surface area contributed by atoms with Gasteiger partial charge in [-0.3, -0.25) is 4.79 Å². The first kappa shape index (κ1) is 15.8. The van der Waals surface area contributed by atoms with Crippen molar-refractivity contribution in [3.05, 3.63) is 70.7 Å². The minimum atomic E-state index is -0.567. The molecule has 0 saturated carbocycles. The van der Waals surface area contributed by atoms with Gasteiger partial charge in [-0.2, -0.15) is 5.26 Å². The summed E-state index contributed by atoms with van der Waals surface area (Å²) in [5.41, 5.74) is 9.00. The second kappa shape index (κ2) is 6.17. The number of hydrogen-bond acceptors (Lipinski definition) is 4. The molecular weight excluding hydrogens is 305 g/mol. The van der Waals surface area contributed by atoms with Gasteiger partial charge in [-0.1, -0.05) is 18.2 Å². The average Bonchev–Trinajstić information content (AvgIpc) is 3.05. The van der Waals surface area contributed by atoms with Gasteiger partial charge in [0, 0.05) is 30.3 Å². The van der Waals surface area contributed by atoms with Crippen LogP contribution in [0.4, 0.5) is 15.8 Å². The number of nitrogen functional groups attached to an aromatic ring is 1. The van der Waals surface area contributed by atoms with Crippen LogP contribution in [0, 0.1) is 24.1 Å². The Labute approximate surface area is 139 Å². The van der Waals surface area contributed by atoms with Gasteiger partial charge in [-0.25, -0.2) is 4.39 Å². The number of rotatable bonds is 3. The van der Waals surface area contributed by atoms with Crippen LogP contribution in [-0.2, 0) is 0 Å². The predicted molar refractivity (Wildman–Crippen MR) is 91.1 cm³/mol. The molecule has 5 heteroatoms. The SMILES string of the molecule is Cc1ccc(C(=O)c2ccccc2F)c(N2C=C(C#N)CC2)c1N. The number of aryl methyl sites for hydroxylation is 1. The molecule has 0 atom stereocenters. The van der Waals surface area contributed by atoms with Crippen molar-refractivity contribution in [1.82, 2.24) is 0 Å². The highest BCUT2D eigenvalue weighted by atomic mass is 19.1. The molecule has 0 saturated heterocycles. The Bertz CT molecular complexity index is 896. The number of ketones is 1. The van der Waals surface area contributed by atoms with Gasteiger partial charge in [0.05, 0.1) is 23.0 Å². The Kier molecular flexibility index (Phi) is 4.05. The Hall–Kier alpha value is -3.13. The number of nitrogens with zero attached hydrogens (tertiary/aromatic N) is 2. The van der Waals surface area contributed by atoms with Crippen molar-refractivity contribution in [2.45, 2.75) is 13.3 Å². The standard InChI is InChI=1S/C19H16FN3O/c1-12-6-7-15(19(24)14-4-2-3-5-16(14)20)18(17(12)22)23-9-8-13(10-21)11-23/h2-7,11H,8-9,22H2,1H3. The predicted octanol–water partition coefficient (Wildman–Crippen LogP) is 3.56. The monoisotopic (exact) mass is 321 g/mol. The first-order valence-corrected chi connectivity index (χ1v) is 7.58. The molecule has 0 fully saturated rings. The number of nitriles is 1. The third kappa shape index (κ3) is 2.63. The van der Waals surface area contributed by atoms with Crippen LogP contribution >= 0.6 is 0 Å². The lowest BCUT2D eigenvalue weighted by atomic mass is 9.97. The lowest BCUT2D eigenvalue weighted by Crippen LogP contribution is -2.19. The zero-order chi connectivity index (χ0) is 17.3. The Morgan fingerprint density at radius 3 is 2.67 bits per heavy atom. The Morgan fingerprint density at radius 2 is 2.00 bits per heavy atom. The first-order chi connectivity index (χ1) is 11.5. The summed E-state index contributed by atoms with van der Waals surface area (Å²) in [5.74, 6) is -0.990. The van der Waals surface area contributed by atoms with E-state index in [1.54, 1.807) is 35.4 Å². The summed E-state index contributed by atoms with van der Waals surface area (Å²) >= 11 is 0. The molecule has 1 heterocycles. The Morgan fingerprint density at radius 1 is 1.25 bits per heavy atom. The third-order valence-corrected chi connectivity index (χ3v) is 4.16. The van der Waals surface area contributed by atoms with E-state index in [-0.39, 0.29) is 5.56 Å². The molecule has 0 aromatic heterocycles. The van der Waals surface area contributed by atoms with Crippen molar-refractivity contribution in [3.8, 4) is 6.07 Å². The van der Waals surface area contributed by atoms with E-state index in [0.717, 1.165) is 5.56 Å². The molecule has 3 rings (SSSR count). The van der Waals surface area contributed by atoms with E-state index in [9.17, 15) is 9.18 Å². The van der Waals surface area contributed by atoms with E-state index in [0.29, 0.717) is 35.5 Å². The normalized spacial score (nSPS) is 13.5. The van der Waals surface area contributed by atoms with Gasteiger partial charge in [0.15, 0.2) is 5.78 Å². The van der Waals surface area contributed by atoms with Crippen LogP contribution in [0.2, 0.25) is 0 Å². The number of carbonyl (C=O) groups is 1. The minimum absolute atomic E-state index is 0.00527. The molecule has 0 amide bonds. The van der Waals surface area contributed by atoms with E-state index in [4.69, 9.17) is 11.0 Å². The fraction of sp³-hybridized carbons (Fsp3) is 0.158. The summed E-state index contributed by atoms with van der Waals surface area (Å²) in [4.78, 5) is 14.7. The maximum Gasteiger partial charge on any atom is 0.198 e. The molecule has 1 aliphatic heterocycles. The second-order valence-electron chi connectivity index (χ2n) is 5.71. The van der Waals surface area contributed by atoms with Crippen molar-refractivity contribution in [1.29, 1.82) is 5.26 Å². The number of anilines is 2. The lowest BCUT2D eigenvalue weighted by molar-refractivity contribution is 0.103. The van der Waals surface area contributed by atoms with Crippen molar-refractivity contribution in [2.75, 3.05) is 17.2 Å². The zero-order valence-electron chi connectivity index (χ0n) is 13.2. The Balaban J connectivity index is 2.15. The molecular formula is C19H16FN3O. The van der Waals surface area contributed by atoms with Gasteiger partial charge in [0.25, 0.3) is 0 Å². The second-order valence-corrected chi connectivity index (χ2v) is 5.71. The molecule has 0 aliphatic carbocycles. The van der Waals surface area contributed by atoms with Gasteiger partial charge in [-0.05, 0) is 30.7 Å². The number of nitrogens with two attached hydrogens (primary N) is 1. The van der Waals surface area contributed by atoms with E-state index in [1.807, 2.05) is 6.92 Å². The molecule has 4 nitrogen and oxygen atoms in total. The third-order valence-electron chi connectivity index (χ3n) is 4.16. The summed E-state index contributed by atoms with van der Waals surface area (Å²) in [6.07, 6.45) is 2.29. The van der Waals surface area contributed by atoms with Crippen molar-refractivity contribution < 1.29 is 9.18 Å². The van der Waals surface area contributed by atoms with E-state index >= 15 is 0 Å². The molecule has 120 valence electrons. The van der Waals surface area contributed by atoms with Crippen LogP contribution < -0.4 is 10.6 Å². The van der Waals surface area contributed by atoms with Crippen LogP contribution in [0.15, 0.2) is 48.2 Å². The minimum Gasteiger partial charge on any atom is -0.397 e. The van der Waals surface area contributed by atoms with Gasteiger partial charge in [0.1, 0.15) is 5.82 Å². The maximum absolute atomic E-state index is 14.0. The van der Waals surface area contributed by atoms with Crippen molar-refractivity contribution in [2.24, 2.45) is 0 Å². The number of benzene rings is 2. The quantitative estimate of drug-likeness (QED) is 0.693. The maximum atomic E-state index is 14.0. The molecule has 1 aliphatic rings. The molecule has 2 N–H and O–H groups in total. The zero-order valence-corrected chi connectivity index (χ0v) is 13.2. The number of hydrogen-bond donors (Lipinski definition) is 1. The van der Waals surface area contributed by atoms with E-state index < -0.39 is 11.6 Å². The van der Waals surface area contributed by atoms with Gasteiger partial charge in [0.2, 0.25) is 0 Å². The number of halogens is 1. The highest BCUT2D eigenvalue weighted by molar-refractivity contribution is 6.14. The lowest BCUT2D eigenvalue weighted by Gasteiger charge is -2.22. The molecule has 0 radical (unpaired) electrons. The van der Waals surface area contributed by atoms with Crippen LogP contribution in [0.3, 0.4) is 0 Å². The van der Waals surface area contributed by atoms with Crippen molar-refractivity contribution >= 4 is 17.2 Å². The number of carbonyl (C=O) groups excluding carboxylic acids is 1. The molecule has 2 aromatic carbocycles. The molecule has 0 unspecified atom stereocenters. The van der Waals surface area contributed by atoms with Crippen LogP contribution in [0.1, 0.15) is 27.9 Å². The molecule has 0 spiro atoms. The highest BCUT2D eigenvalue weighted by Gasteiger charge is 2.25. The molecule has 2 aromatic rings. The van der Waals surface area contributed by atoms with Crippen LogP contribution in [0.5, 0.6) is 0 Å². The molecule has 0 bridgehead atoms. The summed E-state index contributed by atoms with van der Waals surface area (Å²) in [6, 6.07) is 11.4. The smallest absolute Gasteiger partial charge is 0.198 e. The molecule has 24 heavy (non-hydrogen) atoms. The van der Waals surface area contributed by atoms with E-state index in [2.05, 4.69) is 6.07 Å². The van der Waals surface area contributed by atoms with Gasteiger partial charge >= 0.3 is 0 Å². The summed E-state index contributed by atoms with van der Waals surface area (Å²) < 4.78 is 14.0. The van der Waals surface area contributed by atoms with Crippen LogP contribution in [0.25, 0.3) is 0 Å². The van der Waals surface area contributed by atoms with Crippen LogP contribution in [-0.4, -0.2) is 12.3 Å². The topological polar surface area (TPSA) is 70.1 Å². The highest BCUT2D eigenvalue weighted by Crippen LogP contribution is 2.35. The van der Waals surface area contributed by atoms with E-state index in [1.165, 1.54) is 12.1 Å². The first-order valence-electron chi connectivity index (χ1n) is 7.58. The average molecular weight is 321 g/mol. The fourth-order valence-corrected chi connectivity index (χ4v) is 2.81. The van der Waals surface area contributed by atoms with Gasteiger partial charge < -0.3 is 10.6 Å². The van der Waals surface area contributed by atoms with Crippen molar-refractivity contribution in [3.63, 3.8) is 0 Å². The fourth-order valence-electron chi connectivity index (χ4n) is 2.81. The van der Waals surface area contributed by atoms with Gasteiger partial charge in [-0.15, -0.1) is 0 Å². The largest absolute Gasteiger partial charge is 0.397 e. The summed E-state index contributed by atoms with van der Waals surface area (Å²) in [6.45, 7) is 2.41.